The zero-order chi connectivity index (χ0) is 14.0. The van der Waals surface area contributed by atoms with Crippen LogP contribution in [0.2, 0.25) is 5.02 Å². The van der Waals surface area contributed by atoms with Crippen LogP contribution in [-0.2, 0) is 5.60 Å². The third kappa shape index (κ3) is 2.11. The van der Waals surface area contributed by atoms with Crippen molar-refractivity contribution in [3.63, 3.8) is 0 Å². The van der Waals surface area contributed by atoms with Crippen LogP contribution in [0.1, 0.15) is 17.0 Å². The van der Waals surface area contributed by atoms with E-state index in [1.807, 2.05) is 30.3 Å². The number of benzene rings is 2. The van der Waals surface area contributed by atoms with Crippen LogP contribution in [0.3, 0.4) is 0 Å². The Morgan fingerprint density at radius 1 is 0.950 bits per heavy atom. The number of rotatable bonds is 3. The van der Waals surface area contributed by atoms with E-state index in [1.165, 1.54) is 0 Å². The number of H-pyrrole nitrogens is 1. The Labute approximate surface area is 121 Å². The van der Waals surface area contributed by atoms with Crippen LogP contribution in [0.5, 0.6) is 0 Å². The van der Waals surface area contributed by atoms with Crippen LogP contribution in [-0.4, -0.2) is 15.1 Å². The Morgan fingerprint density at radius 2 is 1.60 bits per heavy atom. The summed E-state index contributed by atoms with van der Waals surface area (Å²) in [5.74, 6) is 0.478. The van der Waals surface area contributed by atoms with E-state index in [0.29, 0.717) is 16.4 Å². The standard InChI is InChI=1S/C16H13ClN2O/c17-14-8-6-13(7-9-14)16(20,15-18-10-11-19-15)12-4-2-1-3-5-12/h1-11,20H,(H,18,19)/t16-/m1/s1. The minimum atomic E-state index is -1.32. The molecule has 1 aromatic heterocycles. The summed E-state index contributed by atoms with van der Waals surface area (Å²) in [4.78, 5) is 7.22. The van der Waals surface area contributed by atoms with Gasteiger partial charge in [-0.1, -0.05) is 54.1 Å². The molecular weight excluding hydrogens is 272 g/mol. The van der Waals surface area contributed by atoms with Crippen LogP contribution in [0, 0.1) is 0 Å². The first-order chi connectivity index (χ1) is 9.71. The Morgan fingerprint density at radius 3 is 2.20 bits per heavy atom. The molecule has 3 rings (SSSR count). The summed E-state index contributed by atoms with van der Waals surface area (Å²) in [5.41, 5.74) is 0.135. The minimum absolute atomic E-state index is 0.478. The van der Waals surface area contributed by atoms with Crippen molar-refractivity contribution in [1.29, 1.82) is 0 Å². The summed E-state index contributed by atoms with van der Waals surface area (Å²) in [5, 5.41) is 11.9. The van der Waals surface area contributed by atoms with Gasteiger partial charge >= 0.3 is 0 Å². The van der Waals surface area contributed by atoms with Crippen molar-refractivity contribution in [3.05, 3.63) is 89.0 Å². The summed E-state index contributed by atoms with van der Waals surface area (Å²) in [7, 11) is 0. The lowest BCUT2D eigenvalue weighted by molar-refractivity contribution is 0.116. The van der Waals surface area contributed by atoms with Gasteiger partial charge in [0.15, 0.2) is 5.60 Å². The average molecular weight is 285 g/mol. The summed E-state index contributed by atoms with van der Waals surface area (Å²) in [6.07, 6.45) is 3.32. The van der Waals surface area contributed by atoms with E-state index in [-0.39, 0.29) is 0 Å². The molecule has 1 heterocycles. The second-order valence-corrected chi connectivity index (χ2v) is 4.96. The molecule has 0 aliphatic heterocycles. The van der Waals surface area contributed by atoms with E-state index >= 15 is 0 Å². The number of hydrogen-bond acceptors (Lipinski definition) is 2. The third-order valence-electron chi connectivity index (χ3n) is 3.29. The molecule has 2 aromatic carbocycles. The maximum absolute atomic E-state index is 11.3. The van der Waals surface area contributed by atoms with Gasteiger partial charge in [0.2, 0.25) is 0 Å². The zero-order valence-electron chi connectivity index (χ0n) is 10.6. The van der Waals surface area contributed by atoms with E-state index in [2.05, 4.69) is 9.97 Å². The molecular formula is C16H13ClN2O. The topological polar surface area (TPSA) is 48.9 Å². The molecule has 0 amide bonds. The quantitative estimate of drug-likeness (QED) is 0.775. The van der Waals surface area contributed by atoms with Crippen molar-refractivity contribution in [2.75, 3.05) is 0 Å². The van der Waals surface area contributed by atoms with Crippen LogP contribution in [0.25, 0.3) is 0 Å². The van der Waals surface area contributed by atoms with Gasteiger partial charge in [-0.3, -0.25) is 0 Å². The maximum atomic E-state index is 11.3. The fourth-order valence-electron chi connectivity index (χ4n) is 2.27. The highest BCUT2D eigenvalue weighted by atomic mass is 35.5. The van der Waals surface area contributed by atoms with Crippen molar-refractivity contribution in [3.8, 4) is 0 Å². The fourth-order valence-corrected chi connectivity index (χ4v) is 2.40. The van der Waals surface area contributed by atoms with Gasteiger partial charge in [-0.15, -0.1) is 0 Å². The predicted molar refractivity (Wildman–Crippen MR) is 78.6 cm³/mol. The van der Waals surface area contributed by atoms with Gasteiger partial charge in [0.1, 0.15) is 5.82 Å². The van der Waals surface area contributed by atoms with Gasteiger partial charge in [0.25, 0.3) is 0 Å². The second kappa shape index (κ2) is 5.12. The molecule has 0 aliphatic rings. The lowest BCUT2D eigenvalue weighted by atomic mass is 9.85. The van der Waals surface area contributed by atoms with Crippen molar-refractivity contribution in [1.82, 2.24) is 9.97 Å². The van der Waals surface area contributed by atoms with E-state index in [4.69, 9.17) is 11.6 Å². The number of halogens is 1. The number of aromatic nitrogens is 2. The first-order valence-corrected chi connectivity index (χ1v) is 6.63. The lowest BCUT2D eigenvalue weighted by Crippen LogP contribution is -2.30. The van der Waals surface area contributed by atoms with Crippen LogP contribution >= 0.6 is 11.6 Å². The molecule has 2 N–H and O–H groups in total. The minimum Gasteiger partial charge on any atom is -0.373 e. The molecule has 0 spiro atoms. The van der Waals surface area contributed by atoms with Crippen molar-refractivity contribution in [2.45, 2.75) is 5.60 Å². The number of nitrogens with zero attached hydrogens (tertiary/aromatic N) is 1. The number of aliphatic hydroxyl groups is 1. The van der Waals surface area contributed by atoms with Gasteiger partial charge < -0.3 is 10.1 Å². The molecule has 0 radical (unpaired) electrons. The highest BCUT2D eigenvalue weighted by Gasteiger charge is 2.36. The Bertz CT molecular complexity index is 680. The SMILES string of the molecule is O[C@](c1ccccc1)(c1ccc(Cl)cc1)c1ncc[nH]1. The number of aromatic amines is 1. The highest BCUT2D eigenvalue weighted by molar-refractivity contribution is 6.30. The molecule has 4 heteroatoms. The molecule has 3 nitrogen and oxygen atoms in total. The molecule has 0 fully saturated rings. The summed E-state index contributed by atoms with van der Waals surface area (Å²) in [6, 6.07) is 16.6. The Hall–Kier alpha value is -2.10. The average Bonchev–Trinajstić information content (AvgIpc) is 3.03. The first kappa shape index (κ1) is 12.9. The molecule has 0 saturated heterocycles. The second-order valence-electron chi connectivity index (χ2n) is 4.52. The van der Waals surface area contributed by atoms with Crippen molar-refractivity contribution < 1.29 is 5.11 Å². The Balaban J connectivity index is 2.21. The molecule has 0 unspecified atom stereocenters. The van der Waals surface area contributed by atoms with Crippen LogP contribution in [0.4, 0.5) is 0 Å². The number of imidazole rings is 1. The monoisotopic (exact) mass is 284 g/mol. The zero-order valence-corrected chi connectivity index (χ0v) is 11.4. The molecule has 100 valence electrons. The van der Waals surface area contributed by atoms with Gasteiger partial charge in [-0.2, -0.15) is 0 Å². The smallest absolute Gasteiger partial charge is 0.172 e. The number of nitrogens with one attached hydrogen (secondary N) is 1. The molecule has 20 heavy (non-hydrogen) atoms. The van der Waals surface area contributed by atoms with Gasteiger partial charge in [-0.25, -0.2) is 4.98 Å². The summed E-state index contributed by atoms with van der Waals surface area (Å²) < 4.78 is 0. The Kier molecular flexibility index (Phi) is 3.30. The molecule has 0 saturated carbocycles. The van der Waals surface area contributed by atoms with Crippen LogP contribution in [0.15, 0.2) is 67.0 Å². The molecule has 1 atom stereocenters. The van der Waals surface area contributed by atoms with Gasteiger partial charge in [0, 0.05) is 17.4 Å². The van der Waals surface area contributed by atoms with Crippen LogP contribution < -0.4 is 0 Å². The predicted octanol–water partition coefficient (Wildman–Crippen LogP) is 3.35. The summed E-state index contributed by atoms with van der Waals surface area (Å²) in [6.45, 7) is 0. The van der Waals surface area contributed by atoms with E-state index < -0.39 is 5.60 Å². The normalized spacial score (nSPS) is 13.9. The number of hydrogen-bond donors (Lipinski definition) is 2. The highest BCUT2D eigenvalue weighted by Crippen LogP contribution is 2.34. The third-order valence-corrected chi connectivity index (χ3v) is 3.55. The van der Waals surface area contributed by atoms with E-state index in [0.717, 1.165) is 5.56 Å². The van der Waals surface area contributed by atoms with E-state index in [1.54, 1.807) is 36.7 Å². The van der Waals surface area contributed by atoms with Gasteiger partial charge in [0.05, 0.1) is 0 Å². The maximum Gasteiger partial charge on any atom is 0.172 e. The molecule has 0 aliphatic carbocycles. The van der Waals surface area contributed by atoms with E-state index in [9.17, 15) is 5.11 Å². The molecule has 0 bridgehead atoms. The largest absolute Gasteiger partial charge is 0.373 e. The fraction of sp³-hybridized carbons (Fsp3) is 0.0625. The first-order valence-electron chi connectivity index (χ1n) is 6.25. The van der Waals surface area contributed by atoms with Crippen molar-refractivity contribution in [2.24, 2.45) is 0 Å². The van der Waals surface area contributed by atoms with Gasteiger partial charge in [-0.05, 0) is 23.3 Å². The lowest BCUT2D eigenvalue weighted by Gasteiger charge is -2.27. The summed E-state index contributed by atoms with van der Waals surface area (Å²) >= 11 is 5.93. The van der Waals surface area contributed by atoms with Crippen molar-refractivity contribution >= 4 is 11.6 Å². The molecule has 3 aromatic rings.